The van der Waals surface area contributed by atoms with Gasteiger partial charge in [0.1, 0.15) is 23.5 Å². The molecule has 4 rings (SSSR count). The number of nitrogens with two attached hydrogens (primary N) is 1. The summed E-state index contributed by atoms with van der Waals surface area (Å²) >= 11 is 0. The van der Waals surface area contributed by atoms with E-state index in [-0.39, 0.29) is 33.8 Å². The average molecular weight is 449 g/mol. The number of halogens is 3. The van der Waals surface area contributed by atoms with Gasteiger partial charge in [0, 0.05) is 29.9 Å². The molecule has 9 heteroatoms. The summed E-state index contributed by atoms with van der Waals surface area (Å²) in [5, 5.41) is 19.6. The van der Waals surface area contributed by atoms with E-state index in [2.05, 4.69) is 16.0 Å². The van der Waals surface area contributed by atoms with Crippen molar-refractivity contribution in [1.29, 1.82) is 10.5 Å². The Hall–Kier alpha value is -4.08. The maximum Gasteiger partial charge on any atom is 0.416 e. The van der Waals surface area contributed by atoms with E-state index >= 15 is 0 Å². The summed E-state index contributed by atoms with van der Waals surface area (Å²) in [4.78, 5) is 6.47. The number of aromatic nitrogens is 1. The predicted molar refractivity (Wildman–Crippen MR) is 117 cm³/mol. The third-order valence-corrected chi connectivity index (χ3v) is 5.45. The molecule has 0 saturated carbocycles. The van der Waals surface area contributed by atoms with Crippen molar-refractivity contribution in [3.63, 3.8) is 0 Å². The molecule has 1 fully saturated rings. The minimum atomic E-state index is -4.50. The monoisotopic (exact) mass is 449 g/mol. The van der Waals surface area contributed by atoms with Crippen molar-refractivity contribution >= 4 is 11.5 Å². The number of morpholine rings is 1. The second-order valence-electron chi connectivity index (χ2n) is 7.42. The van der Waals surface area contributed by atoms with Crippen molar-refractivity contribution in [3.05, 3.63) is 65.2 Å². The fourth-order valence-electron chi connectivity index (χ4n) is 3.82. The molecule has 33 heavy (non-hydrogen) atoms. The number of nitrogens with zero attached hydrogens (tertiary/aromatic N) is 4. The van der Waals surface area contributed by atoms with E-state index in [1.54, 1.807) is 6.07 Å². The van der Waals surface area contributed by atoms with Gasteiger partial charge in [-0.2, -0.15) is 23.7 Å². The number of rotatable bonds is 3. The molecule has 1 aliphatic heterocycles. The Morgan fingerprint density at radius 3 is 2.21 bits per heavy atom. The lowest BCUT2D eigenvalue weighted by molar-refractivity contribution is -0.137. The topological polar surface area (TPSA) is 99.0 Å². The molecule has 0 aliphatic carbocycles. The summed E-state index contributed by atoms with van der Waals surface area (Å²) in [6, 6.07) is 15.7. The van der Waals surface area contributed by atoms with Crippen LogP contribution in [0, 0.1) is 22.7 Å². The van der Waals surface area contributed by atoms with Gasteiger partial charge in [0.25, 0.3) is 0 Å². The quantitative estimate of drug-likeness (QED) is 0.628. The number of hydrogen-bond acceptors (Lipinski definition) is 6. The SMILES string of the molecule is N#Cc1c(N)nc(-c2cccc(N3CCOCC3)c2)c(C#N)c1-c1ccc(C(F)(F)F)cc1. The van der Waals surface area contributed by atoms with Gasteiger partial charge in [-0.3, -0.25) is 0 Å². The number of hydrogen-bond donors (Lipinski definition) is 1. The van der Waals surface area contributed by atoms with Crippen molar-refractivity contribution in [2.45, 2.75) is 6.18 Å². The van der Waals surface area contributed by atoms with Crippen LogP contribution >= 0.6 is 0 Å². The molecule has 2 heterocycles. The minimum Gasteiger partial charge on any atom is -0.383 e. The van der Waals surface area contributed by atoms with Crippen LogP contribution in [0.4, 0.5) is 24.7 Å². The minimum absolute atomic E-state index is 0.0561. The molecule has 0 amide bonds. The first-order valence-corrected chi connectivity index (χ1v) is 10.1. The third kappa shape index (κ3) is 4.32. The van der Waals surface area contributed by atoms with Crippen LogP contribution in [0.1, 0.15) is 16.7 Å². The van der Waals surface area contributed by atoms with Crippen LogP contribution in [0.5, 0.6) is 0 Å². The highest BCUT2D eigenvalue weighted by Crippen LogP contribution is 2.38. The van der Waals surface area contributed by atoms with Gasteiger partial charge in [0.15, 0.2) is 0 Å². The number of alkyl halides is 3. The molecule has 0 atom stereocenters. The van der Waals surface area contributed by atoms with Crippen LogP contribution in [0.3, 0.4) is 0 Å². The van der Waals surface area contributed by atoms with E-state index in [1.165, 1.54) is 12.1 Å². The van der Waals surface area contributed by atoms with Gasteiger partial charge in [-0.25, -0.2) is 4.98 Å². The first kappa shape index (κ1) is 22.1. The van der Waals surface area contributed by atoms with Gasteiger partial charge in [-0.15, -0.1) is 0 Å². The molecular formula is C24H18F3N5O. The first-order valence-electron chi connectivity index (χ1n) is 10.1. The molecule has 2 N–H and O–H groups in total. The van der Waals surface area contributed by atoms with Crippen LogP contribution in [0.25, 0.3) is 22.4 Å². The van der Waals surface area contributed by atoms with Crippen molar-refractivity contribution in [2.24, 2.45) is 0 Å². The predicted octanol–water partition coefficient (Wildman–Crippen LogP) is 4.60. The van der Waals surface area contributed by atoms with Gasteiger partial charge < -0.3 is 15.4 Å². The van der Waals surface area contributed by atoms with Gasteiger partial charge in [-0.05, 0) is 29.8 Å². The Labute approximate surface area is 188 Å². The smallest absolute Gasteiger partial charge is 0.383 e. The van der Waals surface area contributed by atoms with Gasteiger partial charge in [-0.1, -0.05) is 24.3 Å². The molecular weight excluding hydrogens is 431 g/mol. The highest BCUT2D eigenvalue weighted by Gasteiger charge is 2.30. The van der Waals surface area contributed by atoms with Gasteiger partial charge in [0.2, 0.25) is 0 Å². The highest BCUT2D eigenvalue weighted by atomic mass is 19.4. The number of nitriles is 2. The summed E-state index contributed by atoms with van der Waals surface area (Å²) in [5.41, 5.74) is 7.47. The van der Waals surface area contributed by atoms with E-state index in [0.29, 0.717) is 31.9 Å². The van der Waals surface area contributed by atoms with Crippen LogP contribution in [-0.4, -0.2) is 31.3 Å². The molecule has 0 unspecified atom stereocenters. The third-order valence-electron chi connectivity index (χ3n) is 5.45. The molecule has 6 nitrogen and oxygen atoms in total. The molecule has 0 spiro atoms. The van der Waals surface area contributed by atoms with E-state index in [1.807, 2.05) is 24.3 Å². The van der Waals surface area contributed by atoms with E-state index in [0.717, 1.165) is 17.8 Å². The van der Waals surface area contributed by atoms with E-state index in [4.69, 9.17) is 10.5 Å². The lowest BCUT2D eigenvalue weighted by atomic mass is 9.92. The molecule has 1 aliphatic rings. The molecule has 3 aromatic rings. The Bertz CT molecular complexity index is 1270. The Kier molecular flexibility index (Phi) is 5.91. The summed E-state index contributed by atoms with van der Waals surface area (Å²) in [6.45, 7) is 2.64. The van der Waals surface area contributed by atoms with Crippen molar-refractivity contribution in [1.82, 2.24) is 4.98 Å². The van der Waals surface area contributed by atoms with Crippen LogP contribution in [0.15, 0.2) is 48.5 Å². The molecule has 1 saturated heterocycles. The average Bonchev–Trinajstić information content (AvgIpc) is 2.83. The largest absolute Gasteiger partial charge is 0.416 e. The summed E-state index contributed by atoms with van der Waals surface area (Å²) in [5.74, 6) is -0.0989. The van der Waals surface area contributed by atoms with Gasteiger partial charge >= 0.3 is 6.18 Å². The van der Waals surface area contributed by atoms with Crippen LogP contribution < -0.4 is 10.6 Å². The van der Waals surface area contributed by atoms with E-state index < -0.39 is 11.7 Å². The lowest BCUT2D eigenvalue weighted by Crippen LogP contribution is -2.36. The number of benzene rings is 2. The van der Waals surface area contributed by atoms with Crippen LogP contribution in [0.2, 0.25) is 0 Å². The Morgan fingerprint density at radius 2 is 1.61 bits per heavy atom. The first-order chi connectivity index (χ1) is 15.8. The molecule has 0 bridgehead atoms. The maximum atomic E-state index is 13.0. The van der Waals surface area contributed by atoms with Crippen LogP contribution in [-0.2, 0) is 10.9 Å². The Balaban J connectivity index is 1.88. The van der Waals surface area contributed by atoms with E-state index in [9.17, 15) is 23.7 Å². The number of ether oxygens (including phenoxy) is 1. The number of pyridine rings is 1. The molecule has 166 valence electrons. The zero-order valence-electron chi connectivity index (χ0n) is 17.4. The summed E-state index contributed by atoms with van der Waals surface area (Å²) < 4.78 is 44.4. The second-order valence-corrected chi connectivity index (χ2v) is 7.42. The zero-order valence-corrected chi connectivity index (χ0v) is 17.4. The normalized spacial score (nSPS) is 13.9. The standard InChI is InChI=1S/C24H18F3N5O/c25-24(26,27)17-6-4-15(5-7-17)21-19(13-28)22(31-23(30)20(21)14-29)16-2-1-3-18(12-16)32-8-10-33-11-9-32/h1-7,12H,8-11H2,(H2,30,31). The fourth-order valence-corrected chi connectivity index (χ4v) is 3.82. The fraction of sp³-hybridized carbons (Fsp3) is 0.208. The summed E-state index contributed by atoms with van der Waals surface area (Å²) in [7, 11) is 0. The number of anilines is 2. The zero-order chi connectivity index (χ0) is 23.6. The van der Waals surface area contributed by atoms with Gasteiger partial charge in [0.05, 0.1) is 30.0 Å². The van der Waals surface area contributed by atoms with Crippen molar-refractivity contribution in [2.75, 3.05) is 36.9 Å². The molecule has 0 radical (unpaired) electrons. The lowest BCUT2D eigenvalue weighted by Gasteiger charge is -2.29. The number of nitrogen functional groups attached to an aromatic ring is 1. The second kappa shape index (κ2) is 8.81. The Morgan fingerprint density at radius 1 is 0.939 bits per heavy atom. The van der Waals surface area contributed by atoms with Crippen molar-refractivity contribution in [3.8, 4) is 34.5 Å². The molecule has 1 aromatic heterocycles. The highest BCUT2D eigenvalue weighted by molar-refractivity contribution is 5.87. The maximum absolute atomic E-state index is 13.0. The molecule has 2 aromatic carbocycles. The summed E-state index contributed by atoms with van der Waals surface area (Å²) in [6.07, 6.45) is -4.50. The van der Waals surface area contributed by atoms with Crippen molar-refractivity contribution < 1.29 is 17.9 Å².